The molecule has 2 saturated heterocycles. The molecule has 0 amide bonds. The smallest absolute Gasteiger partial charge is 0.191 e. The van der Waals surface area contributed by atoms with Crippen molar-refractivity contribution in [2.45, 2.75) is 38.9 Å². The van der Waals surface area contributed by atoms with E-state index in [-0.39, 0.29) is 0 Å². The van der Waals surface area contributed by atoms with E-state index in [0.29, 0.717) is 12.6 Å². The molecule has 2 aromatic carbocycles. The zero-order valence-electron chi connectivity index (χ0n) is 19.3. The van der Waals surface area contributed by atoms with Gasteiger partial charge in [-0.3, -0.25) is 4.90 Å². The zero-order valence-corrected chi connectivity index (χ0v) is 19.3. The largest absolute Gasteiger partial charge is 0.378 e. The Bertz CT molecular complexity index is 833. The van der Waals surface area contributed by atoms with Crippen LogP contribution in [0.2, 0.25) is 0 Å². The summed E-state index contributed by atoms with van der Waals surface area (Å²) in [6.45, 7) is 10.3. The molecule has 0 saturated carbocycles. The Morgan fingerprint density at radius 1 is 0.969 bits per heavy atom. The molecule has 4 rings (SSSR count). The Hall–Kier alpha value is -2.57. The van der Waals surface area contributed by atoms with E-state index in [9.17, 15) is 0 Å². The van der Waals surface area contributed by atoms with Crippen LogP contribution < -0.4 is 15.5 Å². The van der Waals surface area contributed by atoms with Gasteiger partial charge < -0.3 is 20.3 Å². The highest BCUT2D eigenvalue weighted by Gasteiger charge is 2.24. The van der Waals surface area contributed by atoms with E-state index in [1.165, 1.54) is 36.2 Å². The van der Waals surface area contributed by atoms with Crippen LogP contribution in [0, 0.1) is 0 Å². The molecule has 0 aromatic heterocycles. The summed E-state index contributed by atoms with van der Waals surface area (Å²) in [6.07, 6.45) is 2.50. The number of guanidine groups is 1. The number of nitrogens with zero attached hydrogens (tertiary/aromatic N) is 3. The van der Waals surface area contributed by atoms with Crippen LogP contribution in [0.1, 0.15) is 30.9 Å². The normalized spacial score (nSPS) is 19.8. The fourth-order valence-corrected chi connectivity index (χ4v) is 4.51. The van der Waals surface area contributed by atoms with Crippen molar-refractivity contribution in [1.29, 1.82) is 0 Å². The number of hydrogen-bond donors (Lipinski definition) is 2. The zero-order chi connectivity index (χ0) is 22.0. The summed E-state index contributed by atoms with van der Waals surface area (Å²) >= 11 is 0. The van der Waals surface area contributed by atoms with Crippen LogP contribution in [0.3, 0.4) is 0 Å². The van der Waals surface area contributed by atoms with Crippen LogP contribution in [0.25, 0.3) is 0 Å². The van der Waals surface area contributed by atoms with Crippen molar-refractivity contribution in [2.75, 3.05) is 50.8 Å². The van der Waals surface area contributed by atoms with Gasteiger partial charge in [0.25, 0.3) is 0 Å². The van der Waals surface area contributed by atoms with Gasteiger partial charge >= 0.3 is 0 Å². The van der Waals surface area contributed by atoms with Gasteiger partial charge in [-0.15, -0.1) is 0 Å². The van der Waals surface area contributed by atoms with Gasteiger partial charge in [0, 0.05) is 44.5 Å². The van der Waals surface area contributed by atoms with Gasteiger partial charge in [0.15, 0.2) is 5.96 Å². The van der Waals surface area contributed by atoms with Gasteiger partial charge in [-0.25, -0.2) is 4.99 Å². The number of rotatable bonds is 8. The molecule has 0 bridgehead atoms. The molecule has 0 spiro atoms. The van der Waals surface area contributed by atoms with Crippen LogP contribution >= 0.6 is 0 Å². The lowest BCUT2D eigenvalue weighted by molar-refractivity contribution is 0.122. The predicted octanol–water partition coefficient (Wildman–Crippen LogP) is 3.24. The summed E-state index contributed by atoms with van der Waals surface area (Å²) in [5.41, 5.74) is 3.89. The molecule has 2 heterocycles. The van der Waals surface area contributed by atoms with E-state index in [1.54, 1.807) is 0 Å². The van der Waals surface area contributed by atoms with E-state index in [0.717, 1.165) is 51.9 Å². The molecule has 2 aliphatic rings. The number of morpholine rings is 1. The molecule has 172 valence electrons. The number of likely N-dealkylation sites (tertiary alicyclic amines) is 1. The minimum atomic E-state index is 0.548. The molecule has 6 heteroatoms. The first-order valence-corrected chi connectivity index (χ1v) is 12.0. The monoisotopic (exact) mass is 435 g/mol. The second-order valence-corrected chi connectivity index (χ2v) is 8.59. The highest BCUT2D eigenvalue weighted by Crippen LogP contribution is 2.20. The molecule has 1 unspecified atom stereocenters. The second kappa shape index (κ2) is 11.9. The van der Waals surface area contributed by atoms with Crippen molar-refractivity contribution < 1.29 is 4.74 Å². The van der Waals surface area contributed by atoms with Crippen LogP contribution in [0.4, 0.5) is 5.69 Å². The Morgan fingerprint density at radius 3 is 2.50 bits per heavy atom. The maximum Gasteiger partial charge on any atom is 0.191 e. The Kier molecular flexibility index (Phi) is 8.40. The fourth-order valence-electron chi connectivity index (χ4n) is 4.51. The number of anilines is 1. The fraction of sp³-hybridized carbons (Fsp3) is 0.500. The maximum absolute atomic E-state index is 5.45. The van der Waals surface area contributed by atoms with Gasteiger partial charge in [-0.2, -0.15) is 0 Å². The highest BCUT2D eigenvalue weighted by molar-refractivity contribution is 5.79. The van der Waals surface area contributed by atoms with Crippen LogP contribution in [-0.2, 0) is 17.8 Å². The van der Waals surface area contributed by atoms with Gasteiger partial charge in [0.1, 0.15) is 0 Å². The summed E-state index contributed by atoms with van der Waals surface area (Å²) in [4.78, 5) is 9.81. The molecule has 0 aliphatic carbocycles. The van der Waals surface area contributed by atoms with Gasteiger partial charge in [0.05, 0.1) is 19.8 Å². The van der Waals surface area contributed by atoms with Crippen LogP contribution in [-0.4, -0.2) is 62.8 Å². The van der Waals surface area contributed by atoms with Gasteiger partial charge in [-0.1, -0.05) is 42.5 Å². The first kappa shape index (κ1) is 22.6. The molecule has 1 atom stereocenters. The Balaban J connectivity index is 1.29. The summed E-state index contributed by atoms with van der Waals surface area (Å²) in [7, 11) is 0. The summed E-state index contributed by atoms with van der Waals surface area (Å²) < 4.78 is 5.45. The summed E-state index contributed by atoms with van der Waals surface area (Å²) in [6, 6.07) is 20.1. The third-order valence-corrected chi connectivity index (χ3v) is 6.31. The standard InChI is InChI=1S/C26H37N5O/c1-2-27-26(28-19-22-10-12-24(13-11-22)30-15-17-32-18-16-30)29-20-25-9-6-14-31(25)21-23-7-4-3-5-8-23/h3-5,7-8,10-13,25H,2,6,9,14-21H2,1H3,(H2,27,28,29). The van der Waals surface area contributed by atoms with E-state index in [1.807, 2.05) is 0 Å². The first-order valence-electron chi connectivity index (χ1n) is 12.0. The Labute approximate surface area is 192 Å². The molecule has 0 radical (unpaired) electrons. The predicted molar refractivity (Wildman–Crippen MR) is 132 cm³/mol. The van der Waals surface area contributed by atoms with E-state index in [4.69, 9.17) is 9.73 Å². The molecule has 2 N–H and O–H groups in total. The van der Waals surface area contributed by atoms with E-state index < -0.39 is 0 Å². The number of benzene rings is 2. The molecular weight excluding hydrogens is 398 g/mol. The Morgan fingerprint density at radius 2 is 1.75 bits per heavy atom. The molecule has 6 nitrogen and oxygen atoms in total. The van der Waals surface area contributed by atoms with Crippen molar-refractivity contribution in [3.05, 3.63) is 65.7 Å². The number of hydrogen-bond acceptors (Lipinski definition) is 4. The summed E-state index contributed by atoms with van der Waals surface area (Å²) in [5, 5.41) is 6.99. The topological polar surface area (TPSA) is 52.1 Å². The third-order valence-electron chi connectivity index (χ3n) is 6.31. The molecule has 2 fully saturated rings. The number of ether oxygens (including phenoxy) is 1. The molecule has 2 aromatic rings. The molecular formula is C26H37N5O. The SMILES string of the molecule is CCNC(=NCc1ccc(N2CCOCC2)cc1)NCC1CCCN1Cc1ccccc1. The van der Waals surface area contributed by atoms with Crippen molar-refractivity contribution in [2.24, 2.45) is 4.99 Å². The third kappa shape index (κ3) is 6.47. The lowest BCUT2D eigenvalue weighted by Gasteiger charge is -2.28. The lowest BCUT2D eigenvalue weighted by Crippen LogP contribution is -2.44. The average Bonchev–Trinajstić information content (AvgIpc) is 3.29. The quantitative estimate of drug-likeness (QED) is 0.493. The maximum atomic E-state index is 5.45. The van der Waals surface area contributed by atoms with Crippen molar-refractivity contribution >= 4 is 11.6 Å². The van der Waals surface area contributed by atoms with Crippen molar-refractivity contribution in [3.63, 3.8) is 0 Å². The first-order chi connectivity index (χ1) is 15.8. The second-order valence-electron chi connectivity index (χ2n) is 8.59. The summed E-state index contributed by atoms with van der Waals surface area (Å²) in [5.74, 6) is 0.899. The highest BCUT2D eigenvalue weighted by atomic mass is 16.5. The number of aliphatic imine (C=N–C) groups is 1. The van der Waals surface area contributed by atoms with Crippen LogP contribution in [0.15, 0.2) is 59.6 Å². The van der Waals surface area contributed by atoms with Gasteiger partial charge in [-0.05, 0) is 49.6 Å². The van der Waals surface area contributed by atoms with Gasteiger partial charge in [0.2, 0.25) is 0 Å². The van der Waals surface area contributed by atoms with Crippen molar-refractivity contribution in [3.8, 4) is 0 Å². The average molecular weight is 436 g/mol. The van der Waals surface area contributed by atoms with Crippen molar-refractivity contribution in [1.82, 2.24) is 15.5 Å². The van der Waals surface area contributed by atoms with Crippen LogP contribution in [0.5, 0.6) is 0 Å². The van der Waals surface area contributed by atoms with E-state index in [2.05, 4.69) is 82.0 Å². The van der Waals surface area contributed by atoms with E-state index >= 15 is 0 Å². The minimum absolute atomic E-state index is 0.548. The lowest BCUT2D eigenvalue weighted by atomic mass is 10.2. The molecule has 32 heavy (non-hydrogen) atoms. The minimum Gasteiger partial charge on any atom is -0.378 e. The number of nitrogens with one attached hydrogen (secondary N) is 2. The molecule has 2 aliphatic heterocycles.